The van der Waals surface area contributed by atoms with E-state index in [2.05, 4.69) is 237 Å². The number of hydrogen-bond donors (Lipinski definition) is 0. The van der Waals surface area contributed by atoms with Crippen molar-refractivity contribution in [1.29, 1.82) is 0 Å². The maximum Gasteiger partial charge on any atom is 0.0722 e. The first-order valence-electron chi connectivity index (χ1n) is 20.6. The first-order valence-corrected chi connectivity index (χ1v) is 20.6. The number of hydrogen-bond acceptors (Lipinski definition) is 1. The van der Waals surface area contributed by atoms with Gasteiger partial charge in [0, 0.05) is 10.9 Å². The maximum absolute atomic E-state index is 5.24. The Bertz CT molecular complexity index is 3280. The zero-order valence-corrected chi connectivity index (χ0v) is 33.0. The molecule has 1 heterocycles. The molecule has 1 aromatic heterocycles. The summed E-state index contributed by atoms with van der Waals surface area (Å²) in [6.07, 6.45) is 0. The quantitative estimate of drug-likeness (QED) is 0.147. The summed E-state index contributed by atoms with van der Waals surface area (Å²) >= 11 is 0. The van der Waals surface area contributed by atoms with Crippen LogP contribution in [0, 0.1) is 0 Å². The monoisotopic (exact) mass is 761 g/mol. The van der Waals surface area contributed by atoms with Crippen LogP contribution in [0.25, 0.3) is 110 Å². The number of fused-ring (bicyclic) bond motifs is 3. The van der Waals surface area contributed by atoms with Gasteiger partial charge in [-0.05, 0) is 113 Å². The van der Waals surface area contributed by atoms with Gasteiger partial charge in [-0.3, -0.25) is 0 Å². The number of para-hydroxylation sites is 1. The maximum atomic E-state index is 5.24. The number of aromatic nitrogens is 1. The Morgan fingerprint density at radius 1 is 0.233 bits per heavy atom. The van der Waals surface area contributed by atoms with Crippen LogP contribution in [0.15, 0.2) is 237 Å². The average molecular weight is 762 g/mol. The Hall–Kier alpha value is -7.87. The highest BCUT2D eigenvalue weighted by Gasteiger charge is 2.24. The third-order valence-corrected chi connectivity index (χ3v) is 11.8. The number of nitrogens with zero attached hydrogens (tertiary/aromatic N) is 1. The predicted octanol–water partition coefficient (Wildman–Crippen LogP) is 16.2. The van der Waals surface area contributed by atoms with E-state index < -0.39 is 0 Å². The second-order valence-electron chi connectivity index (χ2n) is 15.4. The second kappa shape index (κ2) is 15.1. The van der Waals surface area contributed by atoms with Crippen LogP contribution in [-0.2, 0) is 0 Å². The van der Waals surface area contributed by atoms with Crippen molar-refractivity contribution in [3.8, 4) is 78.0 Å². The molecule has 1 nitrogen and oxygen atoms in total. The number of benzene rings is 10. The van der Waals surface area contributed by atoms with Gasteiger partial charge in [-0.15, -0.1) is 0 Å². The average Bonchev–Trinajstić information content (AvgIpc) is 3.33. The zero-order valence-electron chi connectivity index (χ0n) is 33.0. The first kappa shape index (κ1) is 35.3. The van der Waals surface area contributed by atoms with E-state index in [4.69, 9.17) is 4.98 Å². The van der Waals surface area contributed by atoms with Crippen molar-refractivity contribution in [1.82, 2.24) is 4.98 Å². The summed E-state index contributed by atoms with van der Waals surface area (Å²) in [4.78, 5) is 5.24. The summed E-state index contributed by atoms with van der Waals surface area (Å²) in [5.74, 6) is 0. The largest absolute Gasteiger partial charge is 0.248 e. The van der Waals surface area contributed by atoms with Gasteiger partial charge >= 0.3 is 0 Å². The van der Waals surface area contributed by atoms with Crippen molar-refractivity contribution in [3.63, 3.8) is 0 Å². The van der Waals surface area contributed by atoms with Gasteiger partial charge in [0.2, 0.25) is 0 Å². The molecule has 0 saturated heterocycles. The predicted molar refractivity (Wildman–Crippen MR) is 255 cm³/mol. The molecule has 0 radical (unpaired) electrons. The van der Waals surface area contributed by atoms with Gasteiger partial charge in [-0.2, -0.15) is 0 Å². The van der Waals surface area contributed by atoms with E-state index in [1.165, 1.54) is 82.7 Å². The van der Waals surface area contributed by atoms with Crippen LogP contribution in [-0.4, -0.2) is 4.98 Å². The van der Waals surface area contributed by atoms with Crippen LogP contribution in [0.1, 0.15) is 0 Å². The van der Waals surface area contributed by atoms with E-state index in [1.54, 1.807) is 0 Å². The molecular weight excluding hydrogens is 723 g/mol. The summed E-state index contributed by atoms with van der Waals surface area (Å²) in [5.41, 5.74) is 17.5. The molecule has 0 unspecified atom stereocenters. The first-order chi connectivity index (χ1) is 29.8. The standard InChI is InChI=1S/C59H39N/c1-5-20-40(21-6-1)51-39-52(57(43-25-9-3-10-26-43)58(44-27-11-4-12-28-44)56(51)42-23-7-2-8-24-42)45-29-19-30-46(38-45)55-47-31-14-16-33-49(47)59(50-34-17-15-32-48(50)55)54-37-36-41-22-13-18-35-53(41)60-54/h1-39H. The Labute approximate surface area is 350 Å². The minimum atomic E-state index is 0.981. The summed E-state index contributed by atoms with van der Waals surface area (Å²) in [7, 11) is 0. The number of pyridine rings is 1. The third-order valence-electron chi connectivity index (χ3n) is 11.8. The molecule has 0 fully saturated rings. The fourth-order valence-corrected chi connectivity index (χ4v) is 9.22. The fourth-order valence-electron chi connectivity index (χ4n) is 9.22. The van der Waals surface area contributed by atoms with Crippen LogP contribution >= 0.6 is 0 Å². The molecule has 0 aliphatic heterocycles. The lowest BCUT2D eigenvalue weighted by atomic mass is 9.78. The highest BCUT2D eigenvalue weighted by Crippen LogP contribution is 2.51. The van der Waals surface area contributed by atoms with Gasteiger partial charge < -0.3 is 0 Å². The van der Waals surface area contributed by atoms with Crippen molar-refractivity contribution in [2.45, 2.75) is 0 Å². The Kier molecular flexibility index (Phi) is 8.91. The molecule has 11 aromatic rings. The molecule has 0 N–H and O–H groups in total. The van der Waals surface area contributed by atoms with Crippen molar-refractivity contribution in [2.24, 2.45) is 0 Å². The lowest BCUT2D eigenvalue weighted by Gasteiger charge is -2.25. The van der Waals surface area contributed by atoms with Crippen LogP contribution < -0.4 is 0 Å². The van der Waals surface area contributed by atoms with Gasteiger partial charge in [0.15, 0.2) is 0 Å². The molecule has 10 aromatic carbocycles. The molecule has 280 valence electrons. The third kappa shape index (κ3) is 6.16. The Balaban J connectivity index is 1.22. The van der Waals surface area contributed by atoms with E-state index in [0.717, 1.165) is 27.7 Å². The van der Waals surface area contributed by atoms with E-state index in [9.17, 15) is 0 Å². The lowest BCUT2D eigenvalue weighted by Crippen LogP contribution is -1.98. The molecule has 0 spiro atoms. The normalized spacial score (nSPS) is 11.3. The van der Waals surface area contributed by atoms with Gasteiger partial charge in [0.05, 0.1) is 11.2 Å². The van der Waals surface area contributed by atoms with Crippen LogP contribution in [0.5, 0.6) is 0 Å². The summed E-state index contributed by atoms with van der Waals surface area (Å²) in [5, 5.41) is 5.93. The van der Waals surface area contributed by atoms with Gasteiger partial charge in [-0.1, -0.05) is 212 Å². The second-order valence-corrected chi connectivity index (χ2v) is 15.4. The van der Waals surface area contributed by atoms with Crippen LogP contribution in [0.2, 0.25) is 0 Å². The molecule has 0 atom stereocenters. The Morgan fingerprint density at radius 3 is 1.22 bits per heavy atom. The zero-order chi connectivity index (χ0) is 39.8. The van der Waals surface area contributed by atoms with E-state index in [-0.39, 0.29) is 0 Å². The van der Waals surface area contributed by atoms with Crippen molar-refractivity contribution in [3.05, 3.63) is 237 Å². The van der Waals surface area contributed by atoms with Gasteiger partial charge in [-0.25, -0.2) is 4.98 Å². The molecule has 60 heavy (non-hydrogen) atoms. The highest BCUT2D eigenvalue weighted by molar-refractivity contribution is 6.21. The van der Waals surface area contributed by atoms with Crippen molar-refractivity contribution >= 4 is 32.4 Å². The smallest absolute Gasteiger partial charge is 0.0722 e. The number of rotatable bonds is 7. The van der Waals surface area contributed by atoms with Crippen LogP contribution in [0.3, 0.4) is 0 Å². The molecule has 1 heteroatoms. The molecule has 11 rings (SSSR count). The van der Waals surface area contributed by atoms with Gasteiger partial charge in [0.25, 0.3) is 0 Å². The SMILES string of the molecule is c1ccc(-c2cc(-c3cccc(-c4c5ccccc5c(-c5ccc6ccccc6n5)c5ccccc45)c3)c(-c3ccccc3)c(-c3ccccc3)c2-c2ccccc2)cc1. The Morgan fingerprint density at radius 2 is 0.650 bits per heavy atom. The van der Waals surface area contributed by atoms with Crippen molar-refractivity contribution in [2.75, 3.05) is 0 Å². The minimum absolute atomic E-state index is 0.981. The van der Waals surface area contributed by atoms with Gasteiger partial charge in [0.1, 0.15) is 0 Å². The summed E-state index contributed by atoms with van der Waals surface area (Å²) in [6, 6.07) is 85.7. The lowest BCUT2D eigenvalue weighted by molar-refractivity contribution is 1.42. The molecule has 0 bridgehead atoms. The minimum Gasteiger partial charge on any atom is -0.248 e. The fraction of sp³-hybridized carbons (Fsp3) is 0. The van der Waals surface area contributed by atoms with E-state index in [1.807, 2.05) is 0 Å². The molecule has 0 aliphatic carbocycles. The topological polar surface area (TPSA) is 12.9 Å². The highest BCUT2D eigenvalue weighted by atomic mass is 14.7. The summed E-state index contributed by atoms with van der Waals surface area (Å²) in [6.45, 7) is 0. The van der Waals surface area contributed by atoms with Crippen LogP contribution in [0.4, 0.5) is 0 Å². The molecule has 0 amide bonds. The molecule has 0 saturated carbocycles. The molecular formula is C59H39N. The van der Waals surface area contributed by atoms with E-state index in [0.29, 0.717) is 0 Å². The van der Waals surface area contributed by atoms with Crippen molar-refractivity contribution < 1.29 is 0 Å². The van der Waals surface area contributed by atoms with E-state index >= 15 is 0 Å². The molecule has 0 aliphatic rings. The summed E-state index contributed by atoms with van der Waals surface area (Å²) < 4.78 is 0.